The lowest BCUT2D eigenvalue weighted by Crippen LogP contribution is -2.31. The third kappa shape index (κ3) is 4.55. The number of amides is 2. The average Bonchev–Trinajstić information content (AvgIpc) is 3.14. The van der Waals surface area contributed by atoms with Crippen LogP contribution in [0, 0.1) is 11.3 Å². The van der Waals surface area contributed by atoms with Crippen LogP contribution < -0.4 is 10.6 Å². The van der Waals surface area contributed by atoms with E-state index in [1.165, 1.54) is 23.1 Å². The summed E-state index contributed by atoms with van der Waals surface area (Å²) >= 11 is 6.05. The van der Waals surface area contributed by atoms with Gasteiger partial charge in [-0.25, -0.2) is 0 Å². The lowest BCUT2D eigenvalue weighted by atomic mass is 9.93. The van der Waals surface area contributed by atoms with E-state index in [0.717, 1.165) is 9.35 Å². The van der Waals surface area contributed by atoms with Gasteiger partial charge in [0.2, 0.25) is 11.8 Å². The van der Waals surface area contributed by atoms with Crippen molar-refractivity contribution in [1.82, 2.24) is 5.32 Å². The molecule has 1 aromatic carbocycles. The molecule has 3 rings (SSSR count). The normalized spacial score (nSPS) is 16.8. The van der Waals surface area contributed by atoms with Crippen molar-refractivity contribution >= 4 is 56.5 Å². The van der Waals surface area contributed by atoms with Gasteiger partial charge in [-0.1, -0.05) is 39.8 Å². The summed E-state index contributed by atoms with van der Waals surface area (Å²) in [5, 5.41) is 17.5. The fourth-order valence-corrected chi connectivity index (χ4v) is 4.68. The number of carbonyl (C=O) groups is 2. The zero-order valence-corrected chi connectivity index (χ0v) is 16.7. The van der Waals surface area contributed by atoms with E-state index in [1.54, 1.807) is 12.1 Å². The van der Waals surface area contributed by atoms with Crippen molar-refractivity contribution in [3.8, 4) is 6.07 Å². The smallest absolute Gasteiger partial charge is 0.234 e. The Morgan fingerprint density at radius 2 is 2.27 bits per heavy atom. The standard InChI is InChI=1S/C18H14BrN3O2S2/c19-11-3-1-4-12(7-11)21-17(24)10-26-18-14(9-20)13(8-16(23)22-18)15-5-2-6-25-15/h1-7,13H,8,10H2,(H,21,24)(H,22,23)/t13-/m1/s1. The second kappa shape index (κ2) is 8.54. The van der Waals surface area contributed by atoms with E-state index < -0.39 is 0 Å². The van der Waals surface area contributed by atoms with E-state index in [4.69, 9.17) is 0 Å². The van der Waals surface area contributed by atoms with Gasteiger partial charge in [0.1, 0.15) is 0 Å². The fraction of sp³-hybridized carbons (Fsp3) is 0.167. The first kappa shape index (κ1) is 18.7. The molecule has 0 aliphatic carbocycles. The Labute approximate surface area is 167 Å². The van der Waals surface area contributed by atoms with Gasteiger partial charge in [0.15, 0.2) is 0 Å². The van der Waals surface area contributed by atoms with Crippen LogP contribution >= 0.6 is 39.0 Å². The summed E-state index contributed by atoms with van der Waals surface area (Å²) in [7, 11) is 0. The number of thioether (sulfide) groups is 1. The highest BCUT2D eigenvalue weighted by atomic mass is 79.9. The first-order valence-electron chi connectivity index (χ1n) is 7.72. The lowest BCUT2D eigenvalue weighted by molar-refractivity contribution is -0.121. The summed E-state index contributed by atoms with van der Waals surface area (Å²) in [5.74, 6) is -0.489. The van der Waals surface area contributed by atoms with E-state index in [9.17, 15) is 14.9 Å². The molecule has 0 fully saturated rings. The number of allylic oxidation sites excluding steroid dienone is 1. The van der Waals surface area contributed by atoms with Gasteiger partial charge in [-0.05, 0) is 29.6 Å². The molecule has 1 aromatic heterocycles. The molecule has 1 aliphatic heterocycles. The van der Waals surface area contributed by atoms with Crippen LogP contribution in [-0.2, 0) is 9.59 Å². The summed E-state index contributed by atoms with van der Waals surface area (Å²) in [6.07, 6.45) is 0.248. The van der Waals surface area contributed by atoms with Crippen LogP contribution in [0.4, 0.5) is 5.69 Å². The Morgan fingerprint density at radius 3 is 2.96 bits per heavy atom. The number of thiophene rings is 1. The summed E-state index contributed by atoms with van der Waals surface area (Å²) in [5.41, 5.74) is 1.19. The fourth-order valence-electron chi connectivity index (χ4n) is 2.57. The Morgan fingerprint density at radius 1 is 1.42 bits per heavy atom. The number of nitrogens with zero attached hydrogens (tertiary/aromatic N) is 1. The molecule has 0 unspecified atom stereocenters. The molecular weight excluding hydrogens is 434 g/mol. The van der Waals surface area contributed by atoms with Gasteiger partial charge in [0, 0.05) is 27.4 Å². The number of rotatable bonds is 5. The minimum Gasteiger partial charge on any atom is -0.325 e. The van der Waals surface area contributed by atoms with E-state index >= 15 is 0 Å². The van der Waals surface area contributed by atoms with Gasteiger partial charge < -0.3 is 10.6 Å². The van der Waals surface area contributed by atoms with Crippen LogP contribution in [0.2, 0.25) is 0 Å². The van der Waals surface area contributed by atoms with Gasteiger partial charge in [-0.15, -0.1) is 11.3 Å². The molecular formula is C18H14BrN3O2S2. The number of hydrogen-bond acceptors (Lipinski definition) is 5. The van der Waals surface area contributed by atoms with Crippen LogP contribution in [0.3, 0.4) is 0 Å². The zero-order valence-electron chi connectivity index (χ0n) is 13.5. The summed E-state index contributed by atoms with van der Waals surface area (Å²) < 4.78 is 0.871. The molecule has 132 valence electrons. The largest absolute Gasteiger partial charge is 0.325 e. The maximum atomic E-state index is 12.2. The van der Waals surface area contributed by atoms with E-state index in [0.29, 0.717) is 16.3 Å². The van der Waals surface area contributed by atoms with Crippen LogP contribution in [0.5, 0.6) is 0 Å². The highest BCUT2D eigenvalue weighted by molar-refractivity contribution is 9.10. The molecule has 2 aromatic rings. The number of nitrogens with one attached hydrogen (secondary N) is 2. The number of nitriles is 1. The molecule has 0 bridgehead atoms. The summed E-state index contributed by atoms with van der Waals surface area (Å²) in [6, 6.07) is 13.3. The number of hydrogen-bond donors (Lipinski definition) is 2. The Hall–Kier alpha value is -2.08. The maximum Gasteiger partial charge on any atom is 0.234 e. The maximum absolute atomic E-state index is 12.2. The van der Waals surface area contributed by atoms with Crippen molar-refractivity contribution < 1.29 is 9.59 Å². The third-order valence-electron chi connectivity index (χ3n) is 3.70. The third-order valence-corrected chi connectivity index (χ3v) is 6.20. The number of carbonyl (C=O) groups excluding carboxylic acids is 2. The first-order valence-corrected chi connectivity index (χ1v) is 10.4. The molecule has 0 saturated carbocycles. The van der Waals surface area contributed by atoms with Crippen LogP contribution in [0.1, 0.15) is 17.2 Å². The van der Waals surface area contributed by atoms with Crippen molar-refractivity contribution in [2.24, 2.45) is 0 Å². The summed E-state index contributed by atoms with van der Waals surface area (Å²) in [4.78, 5) is 25.2. The Balaban J connectivity index is 1.71. The predicted molar refractivity (Wildman–Crippen MR) is 108 cm³/mol. The molecule has 2 N–H and O–H groups in total. The topological polar surface area (TPSA) is 82.0 Å². The minimum absolute atomic E-state index is 0.102. The average molecular weight is 448 g/mol. The molecule has 1 aliphatic rings. The first-order chi connectivity index (χ1) is 12.6. The number of anilines is 1. The van der Waals surface area contributed by atoms with E-state index in [-0.39, 0.29) is 29.9 Å². The monoisotopic (exact) mass is 447 g/mol. The number of benzene rings is 1. The zero-order chi connectivity index (χ0) is 18.5. The van der Waals surface area contributed by atoms with Crippen LogP contribution in [0.25, 0.3) is 0 Å². The summed E-state index contributed by atoms with van der Waals surface area (Å²) in [6.45, 7) is 0. The highest BCUT2D eigenvalue weighted by Gasteiger charge is 2.30. The van der Waals surface area contributed by atoms with Crippen molar-refractivity contribution in [2.45, 2.75) is 12.3 Å². The number of halogens is 1. The molecule has 2 amide bonds. The van der Waals surface area contributed by atoms with Crippen LogP contribution in [0.15, 0.2) is 56.9 Å². The second-order valence-corrected chi connectivity index (χ2v) is 8.40. The Bertz CT molecular complexity index is 903. The minimum atomic E-state index is -0.246. The molecule has 26 heavy (non-hydrogen) atoms. The Kier molecular flexibility index (Phi) is 6.14. The van der Waals surface area contributed by atoms with Crippen molar-refractivity contribution in [2.75, 3.05) is 11.1 Å². The molecule has 1 atom stereocenters. The molecule has 5 nitrogen and oxygen atoms in total. The van der Waals surface area contributed by atoms with Gasteiger partial charge in [-0.3, -0.25) is 9.59 Å². The quantitative estimate of drug-likeness (QED) is 0.718. The van der Waals surface area contributed by atoms with E-state index in [2.05, 4.69) is 32.6 Å². The van der Waals surface area contributed by atoms with Gasteiger partial charge in [0.25, 0.3) is 0 Å². The molecule has 8 heteroatoms. The predicted octanol–water partition coefficient (Wildman–Crippen LogP) is 4.22. The second-order valence-electron chi connectivity index (χ2n) is 5.52. The molecule has 0 saturated heterocycles. The molecule has 2 heterocycles. The molecule has 0 radical (unpaired) electrons. The highest BCUT2D eigenvalue weighted by Crippen LogP contribution is 2.37. The van der Waals surface area contributed by atoms with Gasteiger partial charge >= 0.3 is 0 Å². The van der Waals surface area contributed by atoms with Crippen molar-refractivity contribution in [1.29, 1.82) is 5.26 Å². The SMILES string of the molecule is N#CC1=C(SCC(=O)Nc2cccc(Br)c2)NC(=O)C[C@H]1c1cccs1. The van der Waals surface area contributed by atoms with E-state index in [1.807, 2.05) is 29.6 Å². The van der Waals surface area contributed by atoms with Crippen molar-refractivity contribution in [3.63, 3.8) is 0 Å². The lowest BCUT2D eigenvalue weighted by Gasteiger charge is -2.23. The molecule has 0 spiro atoms. The van der Waals surface area contributed by atoms with Crippen LogP contribution in [-0.4, -0.2) is 17.6 Å². The van der Waals surface area contributed by atoms with Gasteiger partial charge in [0.05, 0.1) is 22.4 Å². The van der Waals surface area contributed by atoms with Gasteiger partial charge in [-0.2, -0.15) is 5.26 Å². The van der Waals surface area contributed by atoms with Crippen molar-refractivity contribution in [3.05, 3.63) is 61.7 Å².